The summed E-state index contributed by atoms with van der Waals surface area (Å²) in [5.41, 5.74) is 2.86. The lowest BCUT2D eigenvalue weighted by molar-refractivity contribution is -0.136. The molecular weight excluding hydrogens is 496 g/mol. The van der Waals surface area contributed by atoms with Crippen molar-refractivity contribution in [3.8, 4) is 0 Å². The Morgan fingerprint density at radius 1 is 1.08 bits per heavy atom. The smallest absolute Gasteiger partial charge is 0.338 e. The van der Waals surface area contributed by atoms with Gasteiger partial charge in [0, 0.05) is 29.9 Å². The van der Waals surface area contributed by atoms with Crippen LogP contribution < -0.4 is 0 Å². The molecule has 0 aliphatic carbocycles. The molecule has 0 unspecified atom stereocenters. The molecule has 1 aromatic rings. The van der Waals surface area contributed by atoms with E-state index in [1.807, 2.05) is 46.4 Å². The van der Waals surface area contributed by atoms with Crippen LogP contribution in [0.15, 0.2) is 51.6 Å². The number of likely N-dealkylation sites (tertiary alicyclic amines) is 2. The highest BCUT2D eigenvalue weighted by Gasteiger charge is 2.41. The van der Waals surface area contributed by atoms with Crippen LogP contribution in [0.1, 0.15) is 57.1 Å². The third-order valence-corrected chi connectivity index (χ3v) is 8.79. The number of piperidine rings is 2. The molecule has 5 rings (SSSR count). The van der Waals surface area contributed by atoms with Gasteiger partial charge in [0.1, 0.15) is 0 Å². The minimum atomic E-state index is -0.430. The zero-order valence-electron chi connectivity index (χ0n) is 20.9. The van der Waals surface area contributed by atoms with Gasteiger partial charge in [-0.2, -0.15) is 0 Å². The van der Waals surface area contributed by atoms with Crippen LogP contribution >= 0.6 is 23.4 Å². The minimum Gasteiger partial charge on any atom is -0.466 e. The van der Waals surface area contributed by atoms with Crippen LogP contribution in [0.5, 0.6) is 0 Å². The number of fused-ring (bicyclic) bond motifs is 1. The number of halogens is 1. The van der Waals surface area contributed by atoms with E-state index in [2.05, 4.69) is 4.90 Å². The molecule has 7 nitrogen and oxygen atoms in total. The molecule has 0 aromatic heterocycles. The Bertz CT molecular complexity index is 1100. The van der Waals surface area contributed by atoms with Gasteiger partial charge in [0.2, 0.25) is 5.91 Å². The summed E-state index contributed by atoms with van der Waals surface area (Å²) in [7, 11) is 1.38. The van der Waals surface area contributed by atoms with E-state index >= 15 is 0 Å². The van der Waals surface area contributed by atoms with Crippen molar-refractivity contribution in [1.29, 1.82) is 0 Å². The van der Waals surface area contributed by atoms with Gasteiger partial charge in [0.25, 0.3) is 0 Å². The van der Waals surface area contributed by atoms with Crippen LogP contribution in [0.25, 0.3) is 0 Å². The van der Waals surface area contributed by atoms with Crippen molar-refractivity contribution in [3.63, 3.8) is 0 Å². The number of esters is 1. The molecule has 2 fully saturated rings. The van der Waals surface area contributed by atoms with Gasteiger partial charge >= 0.3 is 5.97 Å². The second-order valence-electron chi connectivity index (χ2n) is 9.82. The average molecular weight is 529 g/mol. The topological polar surface area (TPSA) is 65.5 Å². The van der Waals surface area contributed by atoms with Crippen molar-refractivity contribution in [2.75, 3.05) is 33.3 Å². The van der Waals surface area contributed by atoms with E-state index in [1.165, 1.54) is 51.2 Å². The Labute approximate surface area is 222 Å². The lowest BCUT2D eigenvalue weighted by Gasteiger charge is -2.40. The fourth-order valence-electron chi connectivity index (χ4n) is 5.73. The number of benzene rings is 1. The van der Waals surface area contributed by atoms with E-state index in [4.69, 9.17) is 21.3 Å². The van der Waals surface area contributed by atoms with Crippen molar-refractivity contribution in [2.24, 2.45) is 4.99 Å². The van der Waals surface area contributed by atoms with Gasteiger partial charge < -0.3 is 19.4 Å². The number of methoxy groups -OCH3 is 1. The van der Waals surface area contributed by atoms with E-state index in [1.54, 1.807) is 0 Å². The van der Waals surface area contributed by atoms with Crippen LogP contribution in [0.3, 0.4) is 0 Å². The largest absolute Gasteiger partial charge is 0.466 e. The Kier molecular flexibility index (Phi) is 7.74. The highest BCUT2D eigenvalue weighted by Crippen LogP contribution is 2.45. The summed E-state index contributed by atoms with van der Waals surface area (Å²) in [6.45, 7) is 5.82. The number of carbonyl (C=O) groups is 2. The third-order valence-electron chi connectivity index (χ3n) is 7.65. The first-order valence-corrected chi connectivity index (χ1v) is 14.0. The molecule has 0 N–H and O–H groups in total. The minimum absolute atomic E-state index is 0.126. The Balaban J connectivity index is 1.32. The Morgan fingerprint density at radius 3 is 2.44 bits per heavy atom. The average Bonchev–Trinajstić information content (AvgIpc) is 3.30. The molecule has 0 saturated carbocycles. The number of amidine groups is 1. The predicted molar refractivity (Wildman–Crippen MR) is 143 cm³/mol. The van der Waals surface area contributed by atoms with Crippen molar-refractivity contribution in [1.82, 2.24) is 14.7 Å². The lowest BCUT2D eigenvalue weighted by Crippen LogP contribution is -2.48. The van der Waals surface area contributed by atoms with Crippen molar-refractivity contribution in [3.05, 3.63) is 57.2 Å². The summed E-state index contributed by atoms with van der Waals surface area (Å²) in [5, 5.41) is 3.39. The molecule has 2 saturated heterocycles. The lowest BCUT2D eigenvalue weighted by atomic mass is 9.94. The second kappa shape index (κ2) is 11.0. The maximum Gasteiger partial charge on any atom is 0.338 e. The summed E-state index contributed by atoms with van der Waals surface area (Å²) < 4.78 is 5.13. The maximum atomic E-state index is 13.4. The van der Waals surface area contributed by atoms with Gasteiger partial charge in [-0.3, -0.25) is 4.79 Å². The summed E-state index contributed by atoms with van der Waals surface area (Å²) >= 11 is 7.64. The SMILES string of the molecule is COC(=O)C1=C(C)N=C2SC=C(CC(=O)N3CCC(N4CCCCC4)CC3)N2[C@@H]1c1ccc(Cl)cc1. The first-order chi connectivity index (χ1) is 17.5. The number of nitrogens with zero attached hydrogens (tertiary/aromatic N) is 4. The molecule has 1 aromatic carbocycles. The molecule has 9 heteroatoms. The second-order valence-corrected chi connectivity index (χ2v) is 11.1. The zero-order chi connectivity index (χ0) is 25.2. The summed E-state index contributed by atoms with van der Waals surface area (Å²) in [4.78, 5) is 37.6. The van der Waals surface area contributed by atoms with Crippen LogP contribution in [-0.2, 0) is 14.3 Å². The van der Waals surface area contributed by atoms with Crippen LogP contribution in [0, 0.1) is 0 Å². The molecule has 0 radical (unpaired) electrons. The fraction of sp³-hybridized carbons (Fsp3) is 0.519. The number of amides is 1. The number of allylic oxidation sites excluding steroid dienone is 1. The maximum absolute atomic E-state index is 13.4. The highest BCUT2D eigenvalue weighted by molar-refractivity contribution is 8.16. The molecule has 0 spiro atoms. The number of aliphatic imine (C=N–C) groups is 1. The van der Waals surface area contributed by atoms with E-state index in [9.17, 15) is 9.59 Å². The monoisotopic (exact) mass is 528 g/mol. The summed E-state index contributed by atoms with van der Waals surface area (Å²) in [5.74, 6) is -0.293. The molecule has 1 atom stereocenters. The van der Waals surface area contributed by atoms with Gasteiger partial charge in [-0.25, -0.2) is 9.79 Å². The van der Waals surface area contributed by atoms with Crippen LogP contribution in [0.2, 0.25) is 5.02 Å². The molecule has 0 bridgehead atoms. The van der Waals surface area contributed by atoms with Gasteiger partial charge in [-0.05, 0) is 68.8 Å². The molecule has 36 heavy (non-hydrogen) atoms. The van der Waals surface area contributed by atoms with Crippen molar-refractivity contribution >= 4 is 40.4 Å². The van der Waals surface area contributed by atoms with E-state index in [-0.39, 0.29) is 12.3 Å². The molecule has 192 valence electrons. The predicted octanol–water partition coefficient (Wildman–Crippen LogP) is 4.95. The highest BCUT2D eigenvalue weighted by atomic mass is 35.5. The zero-order valence-corrected chi connectivity index (χ0v) is 22.5. The van der Waals surface area contributed by atoms with Crippen molar-refractivity contribution < 1.29 is 14.3 Å². The van der Waals surface area contributed by atoms with Gasteiger partial charge in [0.15, 0.2) is 5.17 Å². The van der Waals surface area contributed by atoms with E-state index in [0.29, 0.717) is 22.3 Å². The standard InChI is InChI=1S/C27H33ClN4O3S/c1-18-24(26(34)35-2)25(19-6-8-20(28)9-7-19)32-22(17-36-27(32)29-18)16-23(33)31-14-10-21(11-15-31)30-12-4-3-5-13-30/h6-9,17,21,25H,3-5,10-16H2,1-2H3/t25-/m1/s1. The number of carbonyl (C=O) groups excluding carboxylic acids is 2. The molecule has 1 amide bonds. The molecule has 4 heterocycles. The number of rotatable bonds is 5. The molecular formula is C27H33ClN4O3S. The first-order valence-electron chi connectivity index (χ1n) is 12.8. The number of thioether (sulfide) groups is 1. The summed E-state index contributed by atoms with van der Waals surface area (Å²) in [6, 6.07) is 7.63. The van der Waals surface area contributed by atoms with E-state index < -0.39 is 12.0 Å². The number of hydrogen-bond acceptors (Lipinski definition) is 7. The van der Waals surface area contributed by atoms with Gasteiger partial charge in [-0.15, -0.1) is 0 Å². The van der Waals surface area contributed by atoms with Gasteiger partial charge in [-0.1, -0.05) is 41.9 Å². The van der Waals surface area contributed by atoms with Crippen LogP contribution in [0.4, 0.5) is 0 Å². The Hall–Kier alpha value is -2.29. The molecule has 4 aliphatic rings. The fourth-order valence-corrected chi connectivity index (χ4v) is 6.82. The van der Waals surface area contributed by atoms with Gasteiger partial charge in [0.05, 0.1) is 30.8 Å². The third kappa shape index (κ3) is 5.08. The Morgan fingerprint density at radius 2 is 1.78 bits per heavy atom. The quantitative estimate of drug-likeness (QED) is 0.504. The van der Waals surface area contributed by atoms with Crippen LogP contribution in [-0.4, -0.2) is 71.1 Å². The van der Waals surface area contributed by atoms with E-state index in [0.717, 1.165) is 42.4 Å². The normalized spacial score (nSPS) is 23.4. The first kappa shape index (κ1) is 25.4. The number of hydrogen-bond donors (Lipinski definition) is 0. The summed E-state index contributed by atoms with van der Waals surface area (Å²) in [6.07, 6.45) is 6.28. The molecule has 4 aliphatic heterocycles. The number of ether oxygens (including phenoxy) is 1. The van der Waals surface area contributed by atoms with Crippen molar-refractivity contribution in [2.45, 2.75) is 57.5 Å².